The molecule has 1 amide bonds. The number of fused-ring (bicyclic) bond motifs is 1. The van der Waals surface area contributed by atoms with E-state index in [0.29, 0.717) is 16.1 Å². The van der Waals surface area contributed by atoms with Gasteiger partial charge in [-0.1, -0.05) is 0 Å². The molecular formula is C20H16F3N3O2S. The highest BCUT2D eigenvalue weighted by Gasteiger charge is 2.38. The number of thioether (sulfide) groups is 1. The maximum Gasteiger partial charge on any atom is 0.331 e. The van der Waals surface area contributed by atoms with Gasteiger partial charge in [0.2, 0.25) is 11.7 Å². The molecule has 1 saturated heterocycles. The topological polar surface area (TPSA) is 66.3 Å². The van der Waals surface area contributed by atoms with Crippen molar-refractivity contribution in [2.45, 2.75) is 23.5 Å². The molecule has 1 unspecified atom stereocenters. The fourth-order valence-electron chi connectivity index (χ4n) is 3.28. The molecule has 1 aromatic heterocycles. The zero-order valence-corrected chi connectivity index (χ0v) is 16.1. The molecule has 0 radical (unpaired) electrons. The number of halogens is 3. The smallest absolute Gasteiger partial charge is 0.331 e. The molecule has 1 aliphatic heterocycles. The van der Waals surface area contributed by atoms with Crippen molar-refractivity contribution in [1.29, 1.82) is 0 Å². The lowest BCUT2D eigenvalue weighted by atomic mass is 10.1. The highest BCUT2D eigenvalue weighted by molar-refractivity contribution is 7.98. The Morgan fingerprint density at radius 2 is 1.90 bits per heavy atom. The maximum absolute atomic E-state index is 15.0. The number of benzene rings is 2. The summed E-state index contributed by atoms with van der Waals surface area (Å²) in [7, 11) is 0. The normalized spacial score (nSPS) is 17.3. The number of β-amino-alcohol motifs (C(OH)–C–C–N with tert-alkyl or cyclic N) is 1. The van der Waals surface area contributed by atoms with E-state index in [4.69, 9.17) is 0 Å². The highest BCUT2D eigenvalue weighted by Crippen LogP contribution is 2.37. The zero-order valence-electron chi connectivity index (χ0n) is 15.3. The molecule has 0 saturated carbocycles. The van der Waals surface area contributed by atoms with E-state index in [2.05, 4.69) is 9.97 Å². The number of alkyl halides is 2. The second kappa shape index (κ2) is 7.31. The van der Waals surface area contributed by atoms with Gasteiger partial charge in [-0.2, -0.15) is 8.78 Å². The van der Waals surface area contributed by atoms with Gasteiger partial charge in [-0.05, 0) is 48.7 Å². The second-order valence-corrected chi connectivity index (χ2v) is 7.50. The van der Waals surface area contributed by atoms with E-state index >= 15 is 8.78 Å². The Labute approximate surface area is 168 Å². The van der Waals surface area contributed by atoms with Crippen LogP contribution in [0.3, 0.4) is 0 Å². The largest absolute Gasteiger partial charge is 0.391 e. The van der Waals surface area contributed by atoms with E-state index in [1.807, 2.05) is 0 Å². The summed E-state index contributed by atoms with van der Waals surface area (Å²) in [5.41, 5.74) is 0.313. The van der Waals surface area contributed by atoms with Crippen molar-refractivity contribution >= 4 is 34.3 Å². The van der Waals surface area contributed by atoms with Gasteiger partial charge < -0.3 is 10.0 Å². The van der Waals surface area contributed by atoms with Gasteiger partial charge in [-0.3, -0.25) is 4.79 Å². The highest BCUT2D eigenvalue weighted by atomic mass is 32.2. The molecule has 0 spiro atoms. The van der Waals surface area contributed by atoms with Crippen LogP contribution < -0.4 is 4.90 Å². The summed E-state index contributed by atoms with van der Waals surface area (Å²) in [6, 6.07) is 8.82. The van der Waals surface area contributed by atoms with Gasteiger partial charge in [0.1, 0.15) is 10.8 Å². The average Bonchev–Trinajstić information content (AvgIpc) is 3.05. The molecule has 5 nitrogen and oxygen atoms in total. The van der Waals surface area contributed by atoms with Crippen LogP contribution in [-0.4, -0.2) is 39.9 Å². The predicted octanol–water partition coefficient (Wildman–Crippen LogP) is 3.73. The van der Waals surface area contributed by atoms with Gasteiger partial charge in [0.15, 0.2) is 0 Å². The third-order valence-electron chi connectivity index (χ3n) is 4.74. The molecule has 9 heteroatoms. The van der Waals surface area contributed by atoms with Crippen LogP contribution in [0, 0.1) is 5.82 Å². The first-order valence-electron chi connectivity index (χ1n) is 8.78. The van der Waals surface area contributed by atoms with Crippen molar-refractivity contribution < 1.29 is 23.1 Å². The number of aromatic nitrogens is 2. The molecule has 1 N–H and O–H groups in total. The summed E-state index contributed by atoms with van der Waals surface area (Å²) in [6.07, 6.45) is 0.977. The van der Waals surface area contributed by atoms with E-state index in [0.717, 1.165) is 24.3 Å². The number of aliphatic hydroxyl groups excluding tert-OH is 1. The van der Waals surface area contributed by atoms with Crippen LogP contribution in [0.5, 0.6) is 0 Å². The van der Waals surface area contributed by atoms with Crippen LogP contribution >= 0.6 is 11.8 Å². The SMILES string of the molecule is CSc1nc(C(F)(F)c2ccc(F)cc2)nc2cc(N3CC(O)CC3=O)ccc12. The molecular weight excluding hydrogens is 403 g/mol. The van der Waals surface area contributed by atoms with E-state index < -0.39 is 29.2 Å². The molecule has 0 bridgehead atoms. The molecule has 0 aliphatic carbocycles. The van der Waals surface area contributed by atoms with E-state index in [1.165, 1.54) is 22.7 Å². The number of anilines is 1. The van der Waals surface area contributed by atoms with Gasteiger partial charge in [-0.15, -0.1) is 11.8 Å². The molecule has 2 heterocycles. The minimum Gasteiger partial charge on any atom is -0.391 e. The Bertz CT molecular complexity index is 1090. The van der Waals surface area contributed by atoms with Crippen LogP contribution in [0.1, 0.15) is 17.8 Å². The van der Waals surface area contributed by atoms with E-state index in [9.17, 15) is 14.3 Å². The number of carbonyl (C=O) groups excluding carboxylic acids is 1. The van der Waals surface area contributed by atoms with Gasteiger partial charge in [0, 0.05) is 16.6 Å². The zero-order chi connectivity index (χ0) is 20.8. The summed E-state index contributed by atoms with van der Waals surface area (Å²) < 4.78 is 43.2. The van der Waals surface area contributed by atoms with Gasteiger partial charge in [0.05, 0.1) is 24.6 Å². The lowest BCUT2D eigenvalue weighted by molar-refractivity contribution is -0.117. The molecule has 150 valence electrons. The van der Waals surface area contributed by atoms with E-state index in [1.54, 1.807) is 18.4 Å². The first kappa shape index (κ1) is 19.7. The fraction of sp³-hybridized carbons (Fsp3) is 0.250. The summed E-state index contributed by atoms with van der Waals surface area (Å²) in [4.78, 5) is 21.6. The molecule has 29 heavy (non-hydrogen) atoms. The van der Waals surface area contributed by atoms with E-state index in [-0.39, 0.29) is 24.4 Å². The fourth-order valence-corrected chi connectivity index (χ4v) is 3.85. The summed E-state index contributed by atoms with van der Waals surface area (Å²) in [6.45, 7) is 0.142. The Morgan fingerprint density at radius 3 is 2.52 bits per heavy atom. The monoisotopic (exact) mass is 419 g/mol. The van der Waals surface area contributed by atoms with Gasteiger partial charge in [-0.25, -0.2) is 14.4 Å². The summed E-state index contributed by atoms with van der Waals surface area (Å²) in [5, 5.41) is 10.6. The Balaban J connectivity index is 1.83. The number of hydrogen-bond donors (Lipinski definition) is 1. The molecule has 1 aliphatic rings. The number of aliphatic hydroxyl groups is 1. The van der Waals surface area contributed by atoms with Crippen LogP contribution in [0.15, 0.2) is 47.5 Å². The van der Waals surface area contributed by atoms with Crippen LogP contribution in [0.4, 0.5) is 18.9 Å². The number of rotatable bonds is 4. The molecule has 3 aromatic rings. The van der Waals surface area contributed by atoms with Crippen LogP contribution in [-0.2, 0) is 10.7 Å². The summed E-state index contributed by atoms with van der Waals surface area (Å²) >= 11 is 1.20. The van der Waals surface area contributed by atoms with Crippen molar-refractivity contribution in [3.8, 4) is 0 Å². The Kier molecular flexibility index (Phi) is 4.95. The number of hydrogen-bond acceptors (Lipinski definition) is 5. The lowest BCUT2D eigenvalue weighted by Crippen LogP contribution is -2.25. The van der Waals surface area contributed by atoms with Crippen LogP contribution in [0.2, 0.25) is 0 Å². The number of carbonyl (C=O) groups is 1. The molecule has 1 fully saturated rings. The maximum atomic E-state index is 15.0. The third kappa shape index (κ3) is 3.56. The Morgan fingerprint density at radius 1 is 1.17 bits per heavy atom. The first-order chi connectivity index (χ1) is 13.8. The molecule has 1 atom stereocenters. The minimum absolute atomic E-state index is 0.0196. The lowest BCUT2D eigenvalue weighted by Gasteiger charge is -2.19. The quantitative estimate of drug-likeness (QED) is 0.516. The number of nitrogens with zero attached hydrogens (tertiary/aromatic N) is 3. The Hall–Kier alpha value is -2.65. The minimum atomic E-state index is -3.53. The first-order valence-corrected chi connectivity index (χ1v) is 10.0. The third-order valence-corrected chi connectivity index (χ3v) is 5.44. The number of amides is 1. The van der Waals surface area contributed by atoms with Crippen molar-refractivity contribution in [1.82, 2.24) is 9.97 Å². The van der Waals surface area contributed by atoms with Crippen molar-refractivity contribution in [3.63, 3.8) is 0 Å². The standard InChI is InChI=1S/C20H16F3N3O2S/c1-29-18-15-7-6-13(26-10-14(27)9-17(26)28)8-16(15)24-19(25-18)20(22,23)11-2-4-12(21)5-3-11/h2-8,14,27H,9-10H2,1H3. The second-order valence-electron chi connectivity index (χ2n) is 6.70. The molecule has 2 aromatic carbocycles. The summed E-state index contributed by atoms with van der Waals surface area (Å²) in [5.74, 6) is -5.09. The van der Waals surface area contributed by atoms with Crippen molar-refractivity contribution in [2.24, 2.45) is 0 Å². The average molecular weight is 419 g/mol. The van der Waals surface area contributed by atoms with Gasteiger partial charge >= 0.3 is 5.92 Å². The van der Waals surface area contributed by atoms with Crippen molar-refractivity contribution in [2.75, 3.05) is 17.7 Å². The predicted molar refractivity (Wildman–Crippen MR) is 104 cm³/mol. The van der Waals surface area contributed by atoms with Gasteiger partial charge in [0.25, 0.3) is 0 Å². The molecule has 4 rings (SSSR count). The van der Waals surface area contributed by atoms with Crippen molar-refractivity contribution in [3.05, 3.63) is 59.7 Å². The van der Waals surface area contributed by atoms with Crippen LogP contribution in [0.25, 0.3) is 10.9 Å².